The van der Waals surface area contributed by atoms with Crippen molar-refractivity contribution in [3.8, 4) is 11.5 Å². The standard InChI is InChI=1S/C21H28N2O2/c1-22-18-8-4-15(5-9-18)6-10-19-11-7-16-12-20(24-2)21(25-3)13-17(16)14-23-19/h4-5,8-9,12-13,19,22-23H,6-7,10-11,14H2,1-3H3. The Labute approximate surface area is 150 Å². The second kappa shape index (κ2) is 8.26. The first-order valence-electron chi connectivity index (χ1n) is 8.97. The molecule has 4 nitrogen and oxygen atoms in total. The van der Waals surface area contributed by atoms with Gasteiger partial charge in [0.1, 0.15) is 0 Å². The van der Waals surface area contributed by atoms with Crippen molar-refractivity contribution in [2.24, 2.45) is 0 Å². The molecule has 1 heterocycles. The summed E-state index contributed by atoms with van der Waals surface area (Å²) in [4.78, 5) is 0. The minimum atomic E-state index is 0.536. The van der Waals surface area contributed by atoms with E-state index < -0.39 is 0 Å². The molecule has 2 aromatic carbocycles. The summed E-state index contributed by atoms with van der Waals surface area (Å²) in [6, 6.07) is 13.5. The fourth-order valence-electron chi connectivity index (χ4n) is 3.47. The number of aryl methyl sites for hydroxylation is 2. The molecule has 25 heavy (non-hydrogen) atoms. The van der Waals surface area contributed by atoms with E-state index in [0.29, 0.717) is 6.04 Å². The molecule has 0 aromatic heterocycles. The molecule has 0 spiro atoms. The number of hydrogen-bond acceptors (Lipinski definition) is 4. The maximum atomic E-state index is 5.44. The molecule has 0 saturated heterocycles. The molecule has 134 valence electrons. The third-order valence-electron chi connectivity index (χ3n) is 5.07. The van der Waals surface area contributed by atoms with Crippen molar-refractivity contribution >= 4 is 5.69 Å². The van der Waals surface area contributed by atoms with Crippen molar-refractivity contribution in [2.75, 3.05) is 26.6 Å². The Morgan fingerprint density at radius 2 is 1.72 bits per heavy atom. The van der Waals surface area contributed by atoms with Gasteiger partial charge < -0.3 is 20.1 Å². The van der Waals surface area contributed by atoms with Gasteiger partial charge in [-0.05, 0) is 66.6 Å². The normalized spacial score (nSPS) is 16.7. The molecule has 1 unspecified atom stereocenters. The largest absolute Gasteiger partial charge is 0.493 e. The first-order valence-corrected chi connectivity index (χ1v) is 8.97. The van der Waals surface area contributed by atoms with Crippen molar-refractivity contribution < 1.29 is 9.47 Å². The summed E-state index contributed by atoms with van der Waals surface area (Å²) in [5.41, 5.74) is 5.24. The Morgan fingerprint density at radius 3 is 2.36 bits per heavy atom. The van der Waals surface area contributed by atoms with Crippen molar-refractivity contribution in [1.82, 2.24) is 5.32 Å². The number of benzene rings is 2. The van der Waals surface area contributed by atoms with Crippen molar-refractivity contribution in [1.29, 1.82) is 0 Å². The van der Waals surface area contributed by atoms with E-state index in [1.807, 2.05) is 7.05 Å². The second-order valence-corrected chi connectivity index (χ2v) is 6.58. The zero-order valence-electron chi connectivity index (χ0n) is 15.4. The van der Waals surface area contributed by atoms with Crippen LogP contribution < -0.4 is 20.1 Å². The van der Waals surface area contributed by atoms with Gasteiger partial charge in [0, 0.05) is 25.3 Å². The van der Waals surface area contributed by atoms with Gasteiger partial charge in [-0.2, -0.15) is 0 Å². The monoisotopic (exact) mass is 340 g/mol. The van der Waals surface area contributed by atoms with E-state index in [4.69, 9.17) is 9.47 Å². The summed E-state index contributed by atoms with van der Waals surface area (Å²) in [5, 5.41) is 6.87. The maximum absolute atomic E-state index is 5.44. The number of ether oxygens (including phenoxy) is 2. The zero-order chi connectivity index (χ0) is 17.6. The first-order chi connectivity index (χ1) is 12.2. The molecular formula is C21H28N2O2. The number of fused-ring (bicyclic) bond motifs is 1. The van der Waals surface area contributed by atoms with Crippen LogP contribution in [0.5, 0.6) is 11.5 Å². The fourth-order valence-corrected chi connectivity index (χ4v) is 3.47. The van der Waals surface area contributed by atoms with Gasteiger partial charge in [0.15, 0.2) is 11.5 Å². The van der Waals surface area contributed by atoms with Crippen molar-refractivity contribution in [3.63, 3.8) is 0 Å². The predicted octanol–water partition coefficient (Wildman–Crippen LogP) is 3.78. The third-order valence-corrected chi connectivity index (χ3v) is 5.07. The summed E-state index contributed by atoms with van der Waals surface area (Å²) in [6.07, 6.45) is 4.48. The lowest BCUT2D eigenvalue weighted by atomic mass is 9.99. The molecule has 2 aromatic rings. The zero-order valence-corrected chi connectivity index (χ0v) is 15.4. The van der Waals surface area contributed by atoms with Crippen LogP contribution in [0.25, 0.3) is 0 Å². The van der Waals surface area contributed by atoms with Crippen LogP contribution in [0.4, 0.5) is 5.69 Å². The maximum Gasteiger partial charge on any atom is 0.161 e. The summed E-state index contributed by atoms with van der Waals surface area (Å²) >= 11 is 0. The molecule has 0 amide bonds. The highest BCUT2D eigenvalue weighted by Crippen LogP contribution is 2.32. The van der Waals surface area contributed by atoms with Crippen molar-refractivity contribution in [2.45, 2.75) is 38.3 Å². The third kappa shape index (κ3) is 4.26. The smallest absolute Gasteiger partial charge is 0.161 e. The highest BCUT2D eigenvalue weighted by Gasteiger charge is 2.18. The van der Waals surface area contributed by atoms with Crippen LogP contribution in [0.1, 0.15) is 29.5 Å². The number of nitrogens with one attached hydrogen (secondary N) is 2. The van der Waals surface area contributed by atoms with Crippen LogP contribution >= 0.6 is 0 Å². The van der Waals surface area contributed by atoms with Gasteiger partial charge in [0.05, 0.1) is 14.2 Å². The van der Waals surface area contributed by atoms with Crippen LogP contribution in [-0.2, 0) is 19.4 Å². The fraction of sp³-hybridized carbons (Fsp3) is 0.429. The molecule has 0 bridgehead atoms. The van der Waals surface area contributed by atoms with Gasteiger partial charge in [-0.3, -0.25) is 0 Å². The van der Waals surface area contributed by atoms with Crippen LogP contribution in [0.2, 0.25) is 0 Å². The van der Waals surface area contributed by atoms with Gasteiger partial charge in [0.2, 0.25) is 0 Å². The van der Waals surface area contributed by atoms with Crippen LogP contribution in [0.3, 0.4) is 0 Å². The van der Waals surface area contributed by atoms with Crippen molar-refractivity contribution in [3.05, 3.63) is 53.1 Å². The molecule has 1 atom stereocenters. The summed E-state index contributed by atoms with van der Waals surface area (Å²) in [7, 11) is 5.34. The minimum absolute atomic E-state index is 0.536. The lowest BCUT2D eigenvalue weighted by molar-refractivity contribution is 0.354. The van der Waals surface area contributed by atoms with Crippen LogP contribution in [0, 0.1) is 0 Å². The van der Waals surface area contributed by atoms with Gasteiger partial charge in [0.25, 0.3) is 0 Å². The van der Waals surface area contributed by atoms with E-state index >= 15 is 0 Å². The van der Waals surface area contributed by atoms with Crippen LogP contribution in [0.15, 0.2) is 36.4 Å². The lowest BCUT2D eigenvalue weighted by Gasteiger charge is -2.15. The Bertz CT molecular complexity index is 663. The van der Waals surface area contributed by atoms with Gasteiger partial charge in [-0.25, -0.2) is 0 Å². The molecule has 0 radical (unpaired) electrons. The summed E-state index contributed by atoms with van der Waals surface area (Å²) in [5.74, 6) is 1.63. The molecule has 0 aliphatic carbocycles. The molecule has 1 aliphatic rings. The number of hydrogen-bond donors (Lipinski definition) is 2. The first kappa shape index (κ1) is 17.6. The Balaban J connectivity index is 1.61. The molecule has 3 rings (SSSR count). The van der Waals surface area contributed by atoms with E-state index in [2.05, 4.69) is 47.0 Å². The number of methoxy groups -OCH3 is 2. The van der Waals surface area contributed by atoms with E-state index in [9.17, 15) is 0 Å². The van der Waals surface area contributed by atoms with E-state index in [-0.39, 0.29) is 0 Å². The van der Waals surface area contributed by atoms with E-state index in [0.717, 1.165) is 49.4 Å². The average Bonchev–Trinajstić information content (AvgIpc) is 2.87. The summed E-state index contributed by atoms with van der Waals surface area (Å²) < 4.78 is 10.9. The average molecular weight is 340 g/mol. The molecule has 4 heteroatoms. The van der Waals surface area contributed by atoms with Crippen LogP contribution in [-0.4, -0.2) is 27.3 Å². The molecule has 0 saturated carbocycles. The quantitative estimate of drug-likeness (QED) is 0.840. The van der Waals surface area contributed by atoms with E-state index in [1.54, 1.807) is 14.2 Å². The van der Waals surface area contributed by atoms with Gasteiger partial charge in [-0.15, -0.1) is 0 Å². The SMILES string of the molecule is CNc1ccc(CCC2CCc3cc(OC)c(OC)cc3CN2)cc1. The Kier molecular flexibility index (Phi) is 5.82. The minimum Gasteiger partial charge on any atom is -0.493 e. The molecular weight excluding hydrogens is 312 g/mol. The van der Waals surface area contributed by atoms with Gasteiger partial charge >= 0.3 is 0 Å². The topological polar surface area (TPSA) is 42.5 Å². The summed E-state index contributed by atoms with van der Waals surface area (Å²) in [6.45, 7) is 0.888. The molecule has 0 fully saturated rings. The predicted molar refractivity (Wildman–Crippen MR) is 103 cm³/mol. The van der Waals surface area contributed by atoms with E-state index in [1.165, 1.54) is 16.7 Å². The number of rotatable bonds is 6. The highest BCUT2D eigenvalue weighted by atomic mass is 16.5. The molecule has 1 aliphatic heterocycles. The second-order valence-electron chi connectivity index (χ2n) is 6.58. The Hall–Kier alpha value is -2.20. The molecule has 2 N–H and O–H groups in total. The Morgan fingerprint density at radius 1 is 1.04 bits per heavy atom. The number of anilines is 1. The lowest BCUT2D eigenvalue weighted by Crippen LogP contribution is -2.27. The highest BCUT2D eigenvalue weighted by molar-refractivity contribution is 5.48. The van der Waals surface area contributed by atoms with Gasteiger partial charge in [-0.1, -0.05) is 12.1 Å².